The molecule has 2 heterocycles. The lowest BCUT2D eigenvalue weighted by molar-refractivity contribution is 0.0498. The number of aromatic nitrogens is 1. The van der Waals surface area contributed by atoms with E-state index in [1.165, 1.54) is 0 Å². The first kappa shape index (κ1) is 19.1. The number of benzene rings is 1. The number of hydrogen-bond acceptors (Lipinski definition) is 7. The Labute approximate surface area is 159 Å². The number of hydrogen-bond donors (Lipinski definition) is 1. The van der Waals surface area contributed by atoms with Gasteiger partial charge in [-0.2, -0.15) is 0 Å². The molecule has 142 valence electrons. The van der Waals surface area contributed by atoms with Crippen LogP contribution in [0.2, 0.25) is 0 Å². The van der Waals surface area contributed by atoms with Crippen molar-refractivity contribution in [3.05, 3.63) is 40.3 Å². The van der Waals surface area contributed by atoms with Crippen LogP contribution >= 0.6 is 11.3 Å². The second-order valence-electron chi connectivity index (χ2n) is 6.52. The zero-order chi connectivity index (χ0) is 18.4. The second kappa shape index (κ2) is 9.32. The van der Waals surface area contributed by atoms with Crippen molar-refractivity contribution in [3.63, 3.8) is 0 Å². The van der Waals surface area contributed by atoms with Crippen molar-refractivity contribution >= 4 is 11.3 Å². The van der Waals surface area contributed by atoms with Crippen molar-refractivity contribution in [2.75, 3.05) is 40.5 Å². The van der Waals surface area contributed by atoms with E-state index in [2.05, 4.69) is 26.9 Å². The van der Waals surface area contributed by atoms with Gasteiger partial charge in [-0.3, -0.25) is 9.80 Å². The van der Waals surface area contributed by atoms with E-state index in [4.69, 9.17) is 9.47 Å². The van der Waals surface area contributed by atoms with Crippen LogP contribution in [0.4, 0.5) is 0 Å². The number of thiazole rings is 1. The number of piperazine rings is 1. The molecule has 1 aromatic heterocycles. The molecule has 1 atom stereocenters. The molecule has 26 heavy (non-hydrogen) atoms. The Morgan fingerprint density at radius 1 is 1.15 bits per heavy atom. The molecule has 1 N–H and O–H groups in total. The average molecular weight is 378 g/mol. The number of aliphatic hydroxyl groups excluding tert-OH is 1. The lowest BCUT2D eigenvalue weighted by atomic mass is 10.1. The van der Waals surface area contributed by atoms with Crippen LogP contribution in [0.3, 0.4) is 0 Å². The van der Waals surface area contributed by atoms with Crippen molar-refractivity contribution in [2.24, 2.45) is 0 Å². The van der Waals surface area contributed by atoms with Crippen molar-refractivity contribution in [1.29, 1.82) is 0 Å². The van der Waals surface area contributed by atoms with Crippen LogP contribution in [0.25, 0.3) is 0 Å². The maximum atomic E-state index is 9.51. The molecule has 0 radical (unpaired) electrons. The molecule has 0 aliphatic carbocycles. The Morgan fingerprint density at radius 2 is 1.92 bits per heavy atom. The first-order valence-corrected chi connectivity index (χ1v) is 9.77. The molecule has 6 nitrogen and oxygen atoms in total. The van der Waals surface area contributed by atoms with Gasteiger partial charge in [0.05, 0.1) is 20.8 Å². The molecular weight excluding hydrogens is 350 g/mol. The highest BCUT2D eigenvalue weighted by atomic mass is 32.1. The minimum absolute atomic E-state index is 0.202. The van der Waals surface area contributed by atoms with E-state index in [-0.39, 0.29) is 6.61 Å². The summed E-state index contributed by atoms with van der Waals surface area (Å²) in [4.78, 5) is 9.27. The largest absolute Gasteiger partial charge is 0.497 e. The van der Waals surface area contributed by atoms with Gasteiger partial charge in [-0.15, -0.1) is 11.3 Å². The molecular formula is C19H27N3O3S. The summed E-state index contributed by atoms with van der Waals surface area (Å²) in [6.45, 7) is 4.83. The third-order valence-electron chi connectivity index (χ3n) is 4.79. The average Bonchev–Trinajstić information content (AvgIpc) is 3.16. The third kappa shape index (κ3) is 4.94. The lowest BCUT2D eigenvalue weighted by Gasteiger charge is -2.41. The van der Waals surface area contributed by atoms with Gasteiger partial charge in [0.2, 0.25) is 0 Å². The summed E-state index contributed by atoms with van der Waals surface area (Å²) in [7, 11) is 3.34. The fourth-order valence-electron chi connectivity index (χ4n) is 3.45. The smallest absolute Gasteiger partial charge is 0.122 e. The van der Waals surface area contributed by atoms with Gasteiger partial charge in [0.25, 0.3) is 0 Å². The number of nitrogens with zero attached hydrogens (tertiary/aromatic N) is 3. The molecule has 0 spiro atoms. The molecule has 1 aliphatic heterocycles. The fourth-order valence-corrected chi connectivity index (χ4v) is 4.10. The fraction of sp³-hybridized carbons (Fsp3) is 0.526. The summed E-state index contributed by atoms with van der Waals surface area (Å²) >= 11 is 1.70. The molecule has 7 heteroatoms. The Kier molecular flexibility index (Phi) is 6.85. The van der Waals surface area contributed by atoms with Crippen molar-refractivity contribution in [2.45, 2.75) is 25.6 Å². The normalized spacial score (nSPS) is 18.8. The highest BCUT2D eigenvalue weighted by molar-refractivity contribution is 7.09. The maximum Gasteiger partial charge on any atom is 0.122 e. The lowest BCUT2D eigenvalue weighted by Crippen LogP contribution is -2.52. The predicted molar refractivity (Wildman–Crippen MR) is 103 cm³/mol. The van der Waals surface area contributed by atoms with E-state index >= 15 is 0 Å². The Balaban J connectivity index is 1.67. The summed E-state index contributed by atoms with van der Waals surface area (Å²) in [5.41, 5.74) is 1.16. The summed E-state index contributed by atoms with van der Waals surface area (Å²) in [6.07, 6.45) is 2.63. The van der Waals surface area contributed by atoms with Crippen molar-refractivity contribution < 1.29 is 14.6 Å². The van der Waals surface area contributed by atoms with Gasteiger partial charge in [-0.05, 0) is 24.1 Å². The van der Waals surface area contributed by atoms with Gasteiger partial charge in [0.15, 0.2) is 0 Å². The van der Waals surface area contributed by atoms with E-state index in [1.807, 2.05) is 17.6 Å². The van der Waals surface area contributed by atoms with Crippen molar-refractivity contribution in [1.82, 2.24) is 14.8 Å². The first-order chi connectivity index (χ1) is 12.7. The van der Waals surface area contributed by atoms with Gasteiger partial charge >= 0.3 is 0 Å². The third-order valence-corrected chi connectivity index (χ3v) is 5.55. The van der Waals surface area contributed by atoms with Crippen molar-refractivity contribution in [3.8, 4) is 11.5 Å². The molecule has 0 unspecified atom stereocenters. The molecule has 0 amide bonds. The molecule has 3 rings (SSSR count). The van der Waals surface area contributed by atoms with Crippen LogP contribution in [-0.4, -0.2) is 66.4 Å². The molecule has 0 bridgehead atoms. The van der Waals surface area contributed by atoms with E-state index < -0.39 is 0 Å². The Hall–Kier alpha value is -1.67. The first-order valence-electron chi connectivity index (χ1n) is 8.89. The van der Waals surface area contributed by atoms with Crippen LogP contribution in [0.5, 0.6) is 11.5 Å². The topological polar surface area (TPSA) is 58.1 Å². The van der Waals surface area contributed by atoms with Crippen LogP contribution < -0.4 is 9.47 Å². The molecule has 1 saturated heterocycles. The summed E-state index contributed by atoms with van der Waals surface area (Å²) in [5.74, 6) is 1.61. The molecule has 1 fully saturated rings. The van der Waals surface area contributed by atoms with Crippen LogP contribution in [0, 0.1) is 0 Å². The van der Waals surface area contributed by atoms with Crippen LogP contribution in [-0.2, 0) is 13.1 Å². The zero-order valence-corrected chi connectivity index (χ0v) is 16.2. The van der Waals surface area contributed by atoms with E-state index in [0.717, 1.165) is 61.2 Å². The second-order valence-corrected chi connectivity index (χ2v) is 7.50. The summed E-state index contributed by atoms with van der Waals surface area (Å²) in [6, 6.07) is 6.33. The monoisotopic (exact) mass is 377 g/mol. The zero-order valence-electron chi connectivity index (χ0n) is 15.4. The molecule has 2 aromatic rings. The molecule has 1 aromatic carbocycles. The molecule has 1 aliphatic rings. The Morgan fingerprint density at radius 3 is 2.54 bits per heavy atom. The highest BCUT2D eigenvalue weighted by Crippen LogP contribution is 2.25. The number of methoxy groups -OCH3 is 2. The van der Waals surface area contributed by atoms with Gasteiger partial charge < -0.3 is 14.6 Å². The summed E-state index contributed by atoms with van der Waals surface area (Å²) < 4.78 is 10.8. The number of aliphatic hydroxyl groups is 1. The minimum atomic E-state index is 0.202. The molecule has 0 saturated carbocycles. The maximum absolute atomic E-state index is 9.51. The standard InChI is InChI=1S/C19H27N3O3S/c1-24-17-9-15(10-18(11-17)25-2)12-22-6-5-21(13-16(22)3-7-23)14-19-20-4-8-26-19/h4,8-11,16,23H,3,5-7,12-14H2,1-2H3/t16-/m0/s1. The number of rotatable bonds is 8. The SMILES string of the molecule is COc1cc(CN2CCN(Cc3nccs3)C[C@@H]2CCO)cc(OC)c1. The van der Waals surface area contributed by atoms with Gasteiger partial charge in [-0.1, -0.05) is 0 Å². The Bertz CT molecular complexity index is 658. The quantitative estimate of drug-likeness (QED) is 0.761. The minimum Gasteiger partial charge on any atom is -0.497 e. The van der Waals surface area contributed by atoms with Crippen LogP contribution in [0.15, 0.2) is 29.8 Å². The van der Waals surface area contributed by atoms with Gasteiger partial charge in [-0.25, -0.2) is 4.98 Å². The van der Waals surface area contributed by atoms with Gasteiger partial charge in [0.1, 0.15) is 16.5 Å². The summed E-state index contributed by atoms with van der Waals surface area (Å²) in [5, 5.41) is 12.7. The van der Waals surface area contributed by atoms with Gasteiger partial charge in [0, 0.05) is 56.5 Å². The predicted octanol–water partition coefficient (Wildman–Crippen LogP) is 2.23. The van der Waals surface area contributed by atoms with E-state index in [1.54, 1.807) is 25.6 Å². The van der Waals surface area contributed by atoms with Crippen LogP contribution in [0.1, 0.15) is 17.0 Å². The van der Waals surface area contributed by atoms with E-state index in [0.29, 0.717) is 6.04 Å². The number of ether oxygens (including phenoxy) is 2. The van der Waals surface area contributed by atoms with E-state index in [9.17, 15) is 5.11 Å². The highest BCUT2D eigenvalue weighted by Gasteiger charge is 2.27.